The van der Waals surface area contributed by atoms with Crippen molar-refractivity contribution < 1.29 is 29.1 Å². The van der Waals surface area contributed by atoms with E-state index >= 15 is 0 Å². The van der Waals surface area contributed by atoms with E-state index in [2.05, 4.69) is 20.6 Å². The molecule has 1 aromatic heterocycles. The Morgan fingerprint density at radius 3 is 2.55 bits per heavy atom. The van der Waals surface area contributed by atoms with Crippen LogP contribution >= 0.6 is 0 Å². The summed E-state index contributed by atoms with van der Waals surface area (Å²) < 4.78 is 10.5. The Hall–Kier alpha value is -3.02. The fraction of sp³-hybridized carbons (Fsp3) is 0.333. The second kappa shape index (κ2) is 11.7. The largest absolute Gasteiger partial charge is 0.494 e. The predicted octanol–water partition coefficient (Wildman–Crippen LogP) is -0.813. The number of carbonyl (C=O) groups excluding carboxylic acids is 2. The molecule has 0 aliphatic carbocycles. The molecule has 2 rings (SSSR count). The van der Waals surface area contributed by atoms with E-state index in [1.54, 1.807) is 12.1 Å². The molecule has 154 valence electrons. The molecule has 0 aliphatic heterocycles. The quantitative estimate of drug-likeness (QED) is 0.358. The number of nitrogens with zero attached hydrogens (tertiary/aromatic N) is 2. The maximum absolute atomic E-state index is 12.5. The molecule has 1 aromatic carbocycles. The lowest BCUT2D eigenvalue weighted by Crippen LogP contribution is -2.55. The van der Waals surface area contributed by atoms with Gasteiger partial charge in [0.2, 0.25) is 5.91 Å². The van der Waals surface area contributed by atoms with Gasteiger partial charge in [0.15, 0.2) is 0 Å². The number of carbonyl (C=O) groups is 2. The first-order chi connectivity index (χ1) is 14.0. The second-order valence-electron chi connectivity index (χ2n) is 6.05. The van der Waals surface area contributed by atoms with Gasteiger partial charge >= 0.3 is 7.12 Å². The molecule has 0 fully saturated rings. The summed E-state index contributed by atoms with van der Waals surface area (Å²) in [5.41, 5.74) is 0.0383. The van der Waals surface area contributed by atoms with Gasteiger partial charge in [-0.05, 0) is 12.1 Å². The van der Waals surface area contributed by atoms with Crippen molar-refractivity contribution in [2.75, 3.05) is 20.3 Å². The molecule has 1 unspecified atom stereocenters. The third-order valence-corrected chi connectivity index (χ3v) is 3.88. The third kappa shape index (κ3) is 7.49. The number of aromatic nitrogens is 2. The summed E-state index contributed by atoms with van der Waals surface area (Å²) in [6.07, 6.45) is 4.17. The Morgan fingerprint density at radius 1 is 1.17 bits per heavy atom. The third-order valence-electron chi connectivity index (χ3n) is 3.88. The molecular weight excluding hydrogens is 379 g/mol. The first-order valence-corrected chi connectivity index (χ1v) is 8.91. The Bertz CT molecular complexity index is 765. The van der Waals surface area contributed by atoms with Gasteiger partial charge in [-0.15, -0.1) is 0 Å². The SMILES string of the molecule is COCC(NC(=O)c1cnccn1)C(=O)N[C@@H](CCOc1ccccc1)B(O)O. The Morgan fingerprint density at radius 2 is 1.93 bits per heavy atom. The lowest BCUT2D eigenvalue weighted by molar-refractivity contribution is -0.124. The van der Waals surface area contributed by atoms with Crippen LogP contribution in [0.4, 0.5) is 0 Å². The van der Waals surface area contributed by atoms with Gasteiger partial charge in [-0.2, -0.15) is 0 Å². The van der Waals surface area contributed by atoms with E-state index in [9.17, 15) is 19.6 Å². The zero-order chi connectivity index (χ0) is 21.1. The van der Waals surface area contributed by atoms with Gasteiger partial charge in [-0.3, -0.25) is 14.6 Å². The van der Waals surface area contributed by atoms with Gasteiger partial charge in [-0.25, -0.2) is 4.98 Å². The Labute approximate surface area is 168 Å². The number of hydrogen-bond donors (Lipinski definition) is 4. The van der Waals surface area contributed by atoms with E-state index in [0.29, 0.717) is 5.75 Å². The fourth-order valence-corrected chi connectivity index (χ4v) is 2.40. The number of methoxy groups -OCH3 is 1. The lowest BCUT2D eigenvalue weighted by atomic mass is 9.77. The summed E-state index contributed by atoms with van der Waals surface area (Å²) in [7, 11) is -0.432. The molecule has 0 bridgehead atoms. The maximum atomic E-state index is 12.5. The van der Waals surface area contributed by atoms with E-state index in [1.165, 1.54) is 25.7 Å². The molecule has 1 heterocycles. The number of amides is 2. The molecule has 0 saturated heterocycles. The van der Waals surface area contributed by atoms with Crippen molar-refractivity contribution in [3.63, 3.8) is 0 Å². The minimum Gasteiger partial charge on any atom is -0.494 e. The van der Waals surface area contributed by atoms with Gasteiger partial charge in [0.25, 0.3) is 5.91 Å². The Balaban J connectivity index is 1.92. The van der Waals surface area contributed by atoms with Crippen LogP contribution in [0.1, 0.15) is 16.9 Å². The number of ether oxygens (including phenoxy) is 2. The molecule has 10 nitrogen and oxygen atoms in total. The predicted molar refractivity (Wildman–Crippen MR) is 104 cm³/mol. The summed E-state index contributed by atoms with van der Waals surface area (Å²) >= 11 is 0. The monoisotopic (exact) mass is 402 g/mol. The van der Waals surface area contributed by atoms with Crippen molar-refractivity contribution in [2.45, 2.75) is 18.4 Å². The van der Waals surface area contributed by atoms with Crippen molar-refractivity contribution in [1.29, 1.82) is 0 Å². The van der Waals surface area contributed by atoms with E-state index in [0.717, 1.165) is 0 Å². The number of hydrogen-bond acceptors (Lipinski definition) is 8. The molecule has 0 aliphatic rings. The van der Waals surface area contributed by atoms with E-state index < -0.39 is 30.9 Å². The summed E-state index contributed by atoms with van der Waals surface area (Å²) in [5.74, 6) is -1.62. The van der Waals surface area contributed by atoms with Crippen molar-refractivity contribution in [3.8, 4) is 5.75 Å². The van der Waals surface area contributed by atoms with Crippen LogP contribution in [-0.2, 0) is 9.53 Å². The summed E-state index contributed by atoms with van der Waals surface area (Å²) in [6.45, 7) is 0.0279. The van der Waals surface area contributed by atoms with Crippen LogP contribution in [0.2, 0.25) is 0 Å². The first-order valence-electron chi connectivity index (χ1n) is 8.91. The first kappa shape index (κ1) is 22.3. The normalized spacial score (nSPS) is 12.5. The van der Waals surface area contributed by atoms with Crippen LogP contribution in [0.25, 0.3) is 0 Å². The van der Waals surface area contributed by atoms with Gasteiger partial charge < -0.3 is 30.2 Å². The summed E-state index contributed by atoms with van der Waals surface area (Å²) in [4.78, 5) is 32.4. The van der Waals surface area contributed by atoms with Crippen LogP contribution in [-0.4, -0.2) is 71.3 Å². The molecule has 0 radical (unpaired) electrons. The van der Waals surface area contributed by atoms with Crippen molar-refractivity contribution in [2.24, 2.45) is 0 Å². The minimum atomic E-state index is -1.81. The van der Waals surface area contributed by atoms with Crippen LogP contribution in [0.3, 0.4) is 0 Å². The smallest absolute Gasteiger partial charge is 0.475 e. The highest BCUT2D eigenvalue weighted by Gasteiger charge is 2.29. The number of para-hydroxylation sites is 1. The highest BCUT2D eigenvalue weighted by atomic mass is 16.5. The Kier molecular flexibility index (Phi) is 9.02. The molecule has 0 saturated carbocycles. The number of rotatable bonds is 11. The topological polar surface area (TPSA) is 143 Å². The van der Waals surface area contributed by atoms with Gasteiger partial charge in [0.1, 0.15) is 17.5 Å². The van der Waals surface area contributed by atoms with Crippen LogP contribution in [0.5, 0.6) is 5.75 Å². The van der Waals surface area contributed by atoms with Gasteiger partial charge in [0, 0.05) is 25.9 Å². The van der Waals surface area contributed by atoms with Gasteiger partial charge in [-0.1, -0.05) is 18.2 Å². The highest BCUT2D eigenvalue weighted by Crippen LogP contribution is 2.09. The molecule has 2 amide bonds. The number of benzene rings is 1. The summed E-state index contributed by atoms with van der Waals surface area (Å²) in [6, 6.07) is 7.93. The molecule has 29 heavy (non-hydrogen) atoms. The zero-order valence-corrected chi connectivity index (χ0v) is 15.9. The van der Waals surface area contributed by atoms with Crippen LogP contribution < -0.4 is 15.4 Å². The van der Waals surface area contributed by atoms with Gasteiger partial charge in [0.05, 0.1) is 25.4 Å². The van der Waals surface area contributed by atoms with Crippen molar-refractivity contribution >= 4 is 18.9 Å². The van der Waals surface area contributed by atoms with Crippen molar-refractivity contribution in [1.82, 2.24) is 20.6 Å². The maximum Gasteiger partial charge on any atom is 0.475 e. The average Bonchev–Trinajstić information content (AvgIpc) is 2.73. The van der Waals surface area contributed by atoms with E-state index in [4.69, 9.17) is 9.47 Å². The molecule has 0 spiro atoms. The molecule has 4 N–H and O–H groups in total. The number of nitrogens with one attached hydrogen (secondary N) is 2. The van der Waals surface area contributed by atoms with Crippen LogP contribution in [0.15, 0.2) is 48.9 Å². The van der Waals surface area contributed by atoms with Crippen molar-refractivity contribution in [3.05, 3.63) is 54.6 Å². The zero-order valence-electron chi connectivity index (χ0n) is 15.9. The van der Waals surface area contributed by atoms with E-state index in [-0.39, 0.29) is 25.3 Å². The molecule has 11 heteroatoms. The lowest BCUT2D eigenvalue weighted by Gasteiger charge is -2.22. The second-order valence-corrected chi connectivity index (χ2v) is 6.05. The molecule has 2 aromatic rings. The molecule has 2 atom stereocenters. The minimum absolute atomic E-state index is 0.0383. The fourth-order valence-electron chi connectivity index (χ4n) is 2.40. The van der Waals surface area contributed by atoms with E-state index in [1.807, 2.05) is 18.2 Å². The summed E-state index contributed by atoms with van der Waals surface area (Å²) in [5, 5.41) is 24.1. The van der Waals surface area contributed by atoms with Crippen LogP contribution in [0, 0.1) is 0 Å². The standard InChI is InChI=1S/C18H23BN4O6/c1-28-12-15(22-17(24)14-11-20-8-9-21-14)18(25)23-16(19(26)27)7-10-29-13-5-3-2-4-6-13/h2-6,8-9,11,15-16,26-27H,7,10,12H2,1H3,(H,22,24)(H,23,25)/t15?,16-/m0/s1. The highest BCUT2D eigenvalue weighted by molar-refractivity contribution is 6.43. The molecular formula is C18H23BN4O6. The average molecular weight is 402 g/mol.